The van der Waals surface area contributed by atoms with E-state index in [2.05, 4.69) is 17.9 Å². The second-order valence-electron chi connectivity index (χ2n) is 9.61. The summed E-state index contributed by atoms with van der Waals surface area (Å²) in [5, 5.41) is 0. The first kappa shape index (κ1) is 21.7. The monoisotopic (exact) mass is 449 g/mol. The number of amides is 1. The fourth-order valence-corrected chi connectivity index (χ4v) is 5.51. The summed E-state index contributed by atoms with van der Waals surface area (Å²) in [6.45, 7) is 3.94. The zero-order valence-corrected chi connectivity index (χ0v) is 19.6. The topological polar surface area (TPSA) is 58.7 Å². The highest BCUT2D eigenvalue weighted by molar-refractivity contribution is 6.06. The molecule has 174 valence electrons. The van der Waals surface area contributed by atoms with Gasteiger partial charge in [-0.15, -0.1) is 0 Å². The average Bonchev–Trinajstić information content (AvgIpc) is 3.44. The molecule has 0 N–H and O–H groups in total. The van der Waals surface area contributed by atoms with Crippen molar-refractivity contribution in [3.63, 3.8) is 0 Å². The van der Waals surface area contributed by atoms with Gasteiger partial charge in [0.25, 0.3) is 0 Å². The number of nitrogens with zero attached hydrogens (tertiary/aromatic N) is 4. The summed E-state index contributed by atoms with van der Waals surface area (Å²) < 4.78 is 9.45. The molecule has 2 aromatic rings. The zero-order valence-electron chi connectivity index (χ0n) is 19.6. The molecule has 3 heterocycles. The number of hydrogen-bond acceptors (Lipinski definition) is 4. The van der Waals surface area contributed by atoms with Gasteiger partial charge in [0.15, 0.2) is 0 Å². The molecular weight excluding hydrogens is 416 g/mol. The van der Waals surface area contributed by atoms with Crippen LogP contribution in [-0.2, 0) is 23.1 Å². The first-order chi connectivity index (χ1) is 16.0. The van der Waals surface area contributed by atoms with Crippen LogP contribution in [0.2, 0.25) is 0 Å². The Morgan fingerprint density at radius 3 is 2.82 bits per heavy atom. The number of imidazole rings is 1. The highest BCUT2D eigenvalue weighted by atomic mass is 16.5. The van der Waals surface area contributed by atoms with Crippen LogP contribution in [0.15, 0.2) is 48.6 Å². The SMILES string of the molecule is C[n+]1ccn(CCOC(=O)c2ccc3c(c2)N2C(=O)CCC2(C)N3CCC2=CCCCC2)c1. The van der Waals surface area contributed by atoms with Gasteiger partial charge in [-0.2, -0.15) is 0 Å². The van der Waals surface area contributed by atoms with Crippen LogP contribution >= 0.6 is 0 Å². The Bertz CT molecular complexity index is 1100. The van der Waals surface area contributed by atoms with E-state index in [1.165, 1.54) is 31.3 Å². The van der Waals surface area contributed by atoms with Crippen LogP contribution in [0.4, 0.5) is 11.4 Å². The van der Waals surface area contributed by atoms with E-state index in [1.54, 1.807) is 0 Å². The van der Waals surface area contributed by atoms with Crippen LogP contribution in [0.5, 0.6) is 0 Å². The van der Waals surface area contributed by atoms with Crippen LogP contribution in [0.25, 0.3) is 0 Å². The Morgan fingerprint density at radius 2 is 2.06 bits per heavy atom. The first-order valence-electron chi connectivity index (χ1n) is 12.1. The molecule has 0 bridgehead atoms. The lowest BCUT2D eigenvalue weighted by atomic mass is 9.96. The Hall–Kier alpha value is -3.09. The van der Waals surface area contributed by atoms with Crippen molar-refractivity contribution in [3.05, 3.63) is 54.1 Å². The van der Waals surface area contributed by atoms with Crippen LogP contribution in [0, 0.1) is 0 Å². The molecule has 1 aromatic heterocycles. The van der Waals surface area contributed by atoms with Crippen molar-refractivity contribution in [1.29, 1.82) is 0 Å². The number of esters is 1. The van der Waals surface area contributed by atoms with Crippen LogP contribution < -0.4 is 14.4 Å². The maximum atomic E-state index is 12.9. The number of allylic oxidation sites excluding steroid dienone is 1. The lowest BCUT2D eigenvalue weighted by Crippen LogP contribution is -2.52. The van der Waals surface area contributed by atoms with Crippen LogP contribution in [0.3, 0.4) is 0 Å². The van der Waals surface area contributed by atoms with E-state index in [0.29, 0.717) is 25.1 Å². The molecule has 33 heavy (non-hydrogen) atoms. The van der Waals surface area contributed by atoms with Crippen molar-refractivity contribution < 1.29 is 18.9 Å². The molecule has 1 fully saturated rings. The fourth-order valence-electron chi connectivity index (χ4n) is 5.51. The van der Waals surface area contributed by atoms with Gasteiger partial charge in [-0.25, -0.2) is 13.9 Å². The van der Waals surface area contributed by atoms with Gasteiger partial charge in [-0.3, -0.25) is 9.69 Å². The van der Waals surface area contributed by atoms with Gasteiger partial charge in [-0.05, 0) is 63.6 Å². The number of anilines is 2. The molecule has 5 rings (SSSR count). The third-order valence-corrected chi connectivity index (χ3v) is 7.32. The number of aromatic nitrogens is 2. The van der Waals surface area contributed by atoms with Gasteiger partial charge in [-0.1, -0.05) is 11.6 Å². The summed E-state index contributed by atoms with van der Waals surface area (Å²) >= 11 is 0. The molecule has 0 spiro atoms. The van der Waals surface area contributed by atoms with E-state index in [4.69, 9.17) is 4.74 Å². The van der Waals surface area contributed by atoms with Gasteiger partial charge in [0.1, 0.15) is 31.2 Å². The summed E-state index contributed by atoms with van der Waals surface area (Å²) in [4.78, 5) is 29.9. The fraction of sp³-hybridized carbons (Fsp3) is 0.500. The highest BCUT2D eigenvalue weighted by Crippen LogP contribution is 2.51. The van der Waals surface area contributed by atoms with E-state index in [1.807, 2.05) is 58.0 Å². The van der Waals surface area contributed by atoms with E-state index in [0.717, 1.165) is 30.8 Å². The summed E-state index contributed by atoms with van der Waals surface area (Å²) in [5.41, 5.74) is 3.54. The van der Waals surface area contributed by atoms with Gasteiger partial charge < -0.3 is 9.64 Å². The summed E-state index contributed by atoms with van der Waals surface area (Å²) in [6.07, 6.45) is 15.5. The molecule has 0 saturated carbocycles. The molecule has 1 atom stereocenters. The van der Waals surface area contributed by atoms with Gasteiger partial charge >= 0.3 is 5.97 Å². The zero-order chi connectivity index (χ0) is 23.0. The molecular formula is C26H33N4O3+. The van der Waals surface area contributed by atoms with Gasteiger partial charge in [0.2, 0.25) is 12.2 Å². The predicted octanol–water partition coefficient (Wildman–Crippen LogP) is 3.72. The minimum Gasteiger partial charge on any atom is -0.458 e. The Morgan fingerprint density at radius 1 is 1.18 bits per heavy atom. The summed E-state index contributed by atoms with van der Waals surface area (Å²) in [6, 6.07) is 5.67. The van der Waals surface area contributed by atoms with E-state index in [9.17, 15) is 9.59 Å². The Kier molecular flexibility index (Phi) is 5.72. The average molecular weight is 450 g/mol. The Labute approximate surface area is 195 Å². The molecule has 1 aromatic carbocycles. The molecule has 7 nitrogen and oxygen atoms in total. The number of carbonyl (C=O) groups is 2. The molecule has 1 aliphatic carbocycles. The molecule has 7 heteroatoms. The molecule has 1 amide bonds. The normalized spacial score (nSPS) is 21.8. The van der Waals surface area contributed by atoms with Crippen molar-refractivity contribution >= 4 is 23.3 Å². The molecule has 3 aliphatic rings. The number of benzene rings is 1. The van der Waals surface area contributed by atoms with E-state index >= 15 is 0 Å². The maximum Gasteiger partial charge on any atom is 0.338 e. The summed E-state index contributed by atoms with van der Waals surface area (Å²) in [7, 11) is 1.95. The summed E-state index contributed by atoms with van der Waals surface area (Å²) in [5.74, 6) is -0.224. The largest absolute Gasteiger partial charge is 0.458 e. The standard InChI is InChI=1S/C26H33N4O3/c1-26-12-10-24(31)30(26)23-18-21(25(32)33-17-16-28-15-14-27(2)19-28)8-9-22(23)29(26)13-11-20-6-4-3-5-7-20/h6,8-9,14-15,18-19H,3-5,7,10-13,16-17H2,1-2H3/q+1. The van der Waals surface area contributed by atoms with Crippen molar-refractivity contribution in [1.82, 2.24) is 4.57 Å². The lowest BCUT2D eigenvalue weighted by molar-refractivity contribution is -0.671. The number of carbonyl (C=O) groups excluding carboxylic acids is 2. The highest BCUT2D eigenvalue weighted by Gasteiger charge is 2.52. The maximum absolute atomic E-state index is 12.9. The third kappa shape index (κ3) is 4.05. The van der Waals surface area contributed by atoms with Crippen LogP contribution in [-0.4, -0.2) is 35.3 Å². The van der Waals surface area contributed by atoms with Crippen molar-refractivity contribution in [2.24, 2.45) is 7.05 Å². The van der Waals surface area contributed by atoms with Crippen molar-refractivity contribution in [3.8, 4) is 0 Å². The minimum absolute atomic E-state index is 0.129. The van der Waals surface area contributed by atoms with Gasteiger partial charge in [0.05, 0.1) is 24.0 Å². The molecule has 1 saturated heterocycles. The van der Waals surface area contributed by atoms with E-state index < -0.39 is 0 Å². The lowest BCUT2D eigenvalue weighted by Gasteiger charge is -2.38. The third-order valence-electron chi connectivity index (χ3n) is 7.32. The second kappa shape index (κ2) is 8.69. The number of fused-ring (bicyclic) bond motifs is 3. The minimum atomic E-state index is -0.360. The predicted molar refractivity (Wildman–Crippen MR) is 126 cm³/mol. The number of rotatable bonds is 7. The Balaban J connectivity index is 1.33. The smallest absolute Gasteiger partial charge is 0.338 e. The molecule has 0 radical (unpaired) electrons. The quantitative estimate of drug-likeness (QED) is 0.367. The molecule has 2 aliphatic heterocycles. The van der Waals surface area contributed by atoms with E-state index in [-0.39, 0.29) is 17.5 Å². The number of hydrogen-bond donors (Lipinski definition) is 0. The number of aryl methyl sites for hydroxylation is 1. The van der Waals surface area contributed by atoms with Crippen molar-refractivity contribution in [2.45, 2.75) is 64.1 Å². The first-order valence-corrected chi connectivity index (χ1v) is 12.1. The molecule has 1 unspecified atom stereocenters. The second-order valence-corrected chi connectivity index (χ2v) is 9.61. The van der Waals surface area contributed by atoms with Crippen LogP contribution in [0.1, 0.15) is 62.2 Å². The van der Waals surface area contributed by atoms with Crippen molar-refractivity contribution in [2.75, 3.05) is 23.0 Å². The van der Waals surface area contributed by atoms with Gasteiger partial charge in [0, 0.05) is 13.0 Å². The number of ether oxygens (including phenoxy) is 1.